The highest BCUT2D eigenvalue weighted by atomic mass is 32.2. The minimum Gasteiger partial charge on any atom is -0.306 e. The number of rotatable bonds is 4. The lowest BCUT2D eigenvalue weighted by molar-refractivity contribution is 0.356. The van der Waals surface area contributed by atoms with Crippen molar-refractivity contribution in [2.24, 2.45) is 0 Å². The van der Waals surface area contributed by atoms with E-state index in [2.05, 4.69) is 49.7 Å². The number of benzene rings is 1. The van der Waals surface area contributed by atoms with Crippen molar-refractivity contribution >= 4 is 11.8 Å². The van der Waals surface area contributed by atoms with Crippen LogP contribution in [0.5, 0.6) is 0 Å². The summed E-state index contributed by atoms with van der Waals surface area (Å²) >= 11 is 2.03. The van der Waals surface area contributed by atoms with Crippen molar-refractivity contribution in [3.05, 3.63) is 35.4 Å². The van der Waals surface area contributed by atoms with Crippen LogP contribution in [0, 0.1) is 6.92 Å². The fourth-order valence-electron chi connectivity index (χ4n) is 2.93. The van der Waals surface area contributed by atoms with Crippen molar-refractivity contribution < 1.29 is 0 Å². The lowest BCUT2D eigenvalue weighted by atomic mass is 9.93. The Balaban J connectivity index is 1.99. The summed E-state index contributed by atoms with van der Waals surface area (Å²) in [6.45, 7) is 4.46. The number of nitrogens with one attached hydrogen (secondary N) is 1. The van der Waals surface area contributed by atoms with E-state index >= 15 is 0 Å². The van der Waals surface area contributed by atoms with Crippen LogP contribution in [0.15, 0.2) is 24.3 Å². The normalized spacial score (nSPS) is 25.9. The minimum atomic E-state index is 0.461. The number of aryl methyl sites for hydroxylation is 1. The van der Waals surface area contributed by atoms with Gasteiger partial charge in [0.15, 0.2) is 0 Å². The van der Waals surface area contributed by atoms with Crippen LogP contribution in [0.4, 0.5) is 0 Å². The van der Waals surface area contributed by atoms with Crippen molar-refractivity contribution in [1.82, 2.24) is 5.32 Å². The van der Waals surface area contributed by atoms with Gasteiger partial charge in [0.05, 0.1) is 0 Å². The van der Waals surface area contributed by atoms with Crippen molar-refractivity contribution in [1.29, 1.82) is 0 Å². The van der Waals surface area contributed by atoms with Crippen LogP contribution in [0.2, 0.25) is 0 Å². The zero-order chi connectivity index (χ0) is 13.0. The van der Waals surface area contributed by atoms with Crippen LogP contribution >= 0.6 is 11.8 Å². The molecule has 1 aliphatic carbocycles. The van der Waals surface area contributed by atoms with E-state index in [-0.39, 0.29) is 0 Å². The van der Waals surface area contributed by atoms with E-state index in [1.165, 1.54) is 36.8 Å². The van der Waals surface area contributed by atoms with Gasteiger partial charge in [0.2, 0.25) is 0 Å². The Hall–Kier alpha value is -0.470. The molecule has 1 aromatic carbocycles. The van der Waals surface area contributed by atoms with Gasteiger partial charge in [0.25, 0.3) is 0 Å². The van der Waals surface area contributed by atoms with Gasteiger partial charge in [-0.2, -0.15) is 11.8 Å². The van der Waals surface area contributed by atoms with Crippen LogP contribution < -0.4 is 5.32 Å². The van der Waals surface area contributed by atoms with Gasteiger partial charge in [-0.25, -0.2) is 0 Å². The largest absolute Gasteiger partial charge is 0.306 e. The lowest BCUT2D eigenvalue weighted by Crippen LogP contribution is -2.41. The average molecular weight is 263 g/mol. The zero-order valence-electron chi connectivity index (χ0n) is 11.8. The Labute approximate surface area is 116 Å². The summed E-state index contributed by atoms with van der Waals surface area (Å²) in [7, 11) is 0. The molecular weight excluding hydrogens is 238 g/mol. The van der Waals surface area contributed by atoms with Crippen LogP contribution in [0.3, 0.4) is 0 Å². The maximum Gasteiger partial charge on any atom is 0.0294 e. The third-order valence-electron chi connectivity index (χ3n) is 4.01. The molecule has 0 bridgehead atoms. The fourth-order valence-corrected chi connectivity index (χ4v) is 3.87. The first kappa shape index (κ1) is 14.0. The molecule has 2 rings (SSSR count). The van der Waals surface area contributed by atoms with Gasteiger partial charge >= 0.3 is 0 Å². The molecule has 1 nitrogen and oxygen atoms in total. The molecule has 0 aliphatic heterocycles. The number of hydrogen-bond donors (Lipinski definition) is 1. The molecule has 1 aromatic rings. The molecule has 0 spiro atoms. The van der Waals surface area contributed by atoms with Gasteiger partial charge in [-0.1, -0.05) is 42.7 Å². The monoisotopic (exact) mass is 263 g/mol. The Bertz CT molecular complexity index is 377. The SMILES string of the molecule is CSC1CCCCC1NC(C)c1cccc(C)c1. The summed E-state index contributed by atoms with van der Waals surface area (Å²) in [5.41, 5.74) is 2.77. The highest BCUT2D eigenvalue weighted by molar-refractivity contribution is 7.99. The molecule has 1 N–H and O–H groups in total. The maximum absolute atomic E-state index is 3.84. The third kappa shape index (κ3) is 3.52. The standard InChI is InChI=1S/C16H25NS/c1-12-7-6-8-14(11-12)13(2)17-15-9-4-5-10-16(15)18-3/h6-8,11,13,15-17H,4-5,9-10H2,1-3H3. The Morgan fingerprint density at radius 1 is 1.28 bits per heavy atom. The Kier molecular flexibility index (Phi) is 5.13. The first-order valence-corrected chi connectivity index (χ1v) is 8.35. The van der Waals surface area contributed by atoms with Gasteiger partial charge in [-0.05, 0) is 38.5 Å². The van der Waals surface area contributed by atoms with Crippen LogP contribution in [-0.4, -0.2) is 17.5 Å². The Morgan fingerprint density at radius 3 is 2.78 bits per heavy atom. The molecule has 0 radical (unpaired) electrons. The van der Waals surface area contributed by atoms with E-state index in [1.807, 2.05) is 11.8 Å². The predicted molar refractivity (Wildman–Crippen MR) is 82.3 cm³/mol. The smallest absolute Gasteiger partial charge is 0.0294 e. The van der Waals surface area contributed by atoms with E-state index in [0.29, 0.717) is 12.1 Å². The third-order valence-corrected chi connectivity index (χ3v) is 5.18. The summed E-state index contributed by atoms with van der Waals surface area (Å²) < 4.78 is 0. The molecule has 2 heteroatoms. The Morgan fingerprint density at radius 2 is 2.06 bits per heavy atom. The van der Waals surface area contributed by atoms with Crippen molar-refractivity contribution in [3.8, 4) is 0 Å². The highest BCUT2D eigenvalue weighted by Gasteiger charge is 2.25. The predicted octanol–water partition coefficient (Wildman–Crippen LogP) is 4.32. The molecule has 1 fully saturated rings. The van der Waals surface area contributed by atoms with Gasteiger partial charge in [0, 0.05) is 17.3 Å². The van der Waals surface area contributed by atoms with Crippen LogP contribution in [-0.2, 0) is 0 Å². The second kappa shape index (κ2) is 6.63. The molecule has 3 unspecified atom stereocenters. The molecule has 0 saturated heterocycles. The van der Waals surface area contributed by atoms with Gasteiger partial charge in [-0.3, -0.25) is 0 Å². The minimum absolute atomic E-state index is 0.461. The number of thioether (sulfide) groups is 1. The van der Waals surface area contributed by atoms with E-state index in [4.69, 9.17) is 0 Å². The topological polar surface area (TPSA) is 12.0 Å². The first-order chi connectivity index (χ1) is 8.70. The lowest BCUT2D eigenvalue weighted by Gasteiger charge is -2.33. The van der Waals surface area contributed by atoms with Crippen LogP contribution in [0.25, 0.3) is 0 Å². The quantitative estimate of drug-likeness (QED) is 0.868. The van der Waals surface area contributed by atoms with Crippen molar-refractivity contribution in [3.63, 3.8) is 0 Å². The summed E-state index contributed by atoms with van der Waals surface area (Å²) in [4.78, 5) is 0. The fraction of sp³-hybridized carbons (Fsp3) is 0.625. The van der Waals surface area contributed by atoms with Gasteiger partial charge < -0.3 is 5.32 Å². The zero-order valence-corrected chi connectivity index (χ0v) is 12.6. The average Bonchev–Trinajstić information content (AvgIpc) is 2.39. The van der Waals surface area contributed by atoms with E-state index < -0.39 is 0 Å². The summed E-state index contributed by atoms with van der Waals surface area (Å²) in [5, 5.41) is 4.64. The van der Waals surface area contributed by atoms with Crippen molar-refractivity contribution in [2.45, 2.75) is 56.9 Å². The summed E-state index contributed by atoms with van der Waals surface area (Å²) in [6, 6.07) is 10.0. The molecule has 1 saturated carbocycles. The summed E-state index contributed by atoms with van der Waals surface area (Å²) in [6.07, 6.45) is 7.75. The molecule has 0 amide bonds. The second-order valence-corrected chi connectivity index (χ2v) is 6.54. The van der Waals surface area contributed by atoms with Crippen LogP contribution in [0.1, 0.15) is 49.8 Å². The molecular formula is C16H25NS. The highest BCUT2D eigenvalue weighted by Crippen LogP contribution is 2.29. The molecule has 1 aliphatic rings. The molecule has 18 heavy (non-hydrogen) atoms. The maximum atomic E-state index is 3.84. The van der Waals surface area contributed by atoms with E-state index in [1.54, 1.807) is 0 Å². The van der Waals surface area contributed by atoms with Gasteiger partial charge in [-0.15, -0.1) is 0 Å². The molecule has 0 aromatic heterocycles. The second-order valence-electron chi connectivity index (χ2n) is 5.47. The number of hydrogen-bond acceptors (Lipinski definition) is 2. The van der Waals surface area contributed by atoms with Crippen molar-refractivity contribution in [2.75, 3.05) is 6.26 Å². The molecule has 0 heterocycles. The first-order valence-electron chi connectivity index (χ1n) is 7.06. The van der Waals surface area contributed by atoms with E-state index in [9.17, 15) is 0 Å². The van der Waals surface area contributed by atoms with Gasteiger partial charge in [0.1, 0.15) is 0 Å². The molecule has 100 valence electrons. The molecule has 3 atom stereocenters. The summed E-state index contributed by atoms with van der Waals surface area (Å²) in [5.74, 6) is 0. The van der Waals surface area contributed by atoms with E-state index in [0.717, 1.165) is 5.25 Å².